The van der Waals surface area contributed by atoms with E-state index in [1.54, 1.807) is 0 Å². The number of hydrogen-bond donors (Lipinski definition) is 0. The highest BCUT2D eigenvalue weighted by Crippen LogP contribution is 2.20. The second kappa shape index (κ2) is 5.98. The van der Waals surface area contributed by atoms with E-state index in [0.29, 0.717) is 5.82 Å². The smallest absolute Gasteiger partial charge is 0.245 e. The molecule has 1 heterocycles. The van der Waals surface area contributed by atoms with Crippen LogP contribution in [-0.4, -0.2) is 28.8 Å². The van der Waals surface area contributed by atoms with Crippen LogP contribution in [0, 0.1) is 0 Å². The number of anilines is 1. The van der Waals surface area contributed by atoms with Crippen LogP contribution in [-0.2, 0) is 6.42 Å². The number of benzene rings is 1. The molecule has 6 heteroatoms. The van der Waals surface area contributed by atoms with E-state index in [9.17, 15) is 0 Å². The van der Waals surface area contributed by atoms with E-state index in [2.05, 4.69) is 27.3 Å². The van der Waals surface area contributed by atoms with Crippen LogP contribution in [0.5, 0.6) is 0 Å². The molecule has 0 unspecified atom stereocenters. The minimum absolute atomic E-state index is 0.0981. The van der Waals surface area contributed by atoms with Crippen molar-refractivity contribution in [1.29, 1.82) is 0 Å². The molecule has 0 fully saturated rings. The SMILES string of the molecule is CN(CCc1ccccc1)c1nc(Cl)nnc1Cl. The first kappa shape index (κ1) is 13.1. The quantitative estimate of drug-likeness (QED) is 0.865. The molecule has 18 heavy (non-hydrogen) atoms. The Labute approximate surface area is 116 Å². The first-order valence-electron chi connectivity index (χ1n) is 5.47. The van der Waals surface area contributed by atoms with E-state index in [-0.39, 0.29) is 10.4 Å². The molecule has 0 saturated carbocycles. The van der Waals surface area contributed by atoms with Crippen molar-refractivity contribution in [2.75, 3.05) is 18.5 Å². The third kappa shape index (κ3) is 3.31. The second-order valence-electron chi connectivity index (χ2n) is 3.85. The molecule has 0 aliphatic carbocycles. The minimum atomic E-state index is 0.0981. The Hall–Kier alpha value is -1.39. The third-order valence-corrected chi connectivity index (χ3v) is 2.95. The maximum Gasteiger partial charge on any atom is 0.245 e. The second-order valence-corrected chi connectivity index (χ2v) is 4.55. The van der Waals surface area contributed by atoms with Gasteiger partial charge in [-0.05, 0) is 23.6 Å². The Morgan fingerprint density at radius 1 is 1.11 bits per heavy atom. The van der Waals surface area contributed by atoms with E-state index in [0.717, 1.165) is 13.0 Å². The van der Waals surface area contributed by atoms with Crippen LogP contribution in [0.1, 0.15) is 5.56 Å². The van der Waals surface area contributed by atoms with Crippen LogP contribution in [0.25, 0.3) is 0 Å². The average molecular weight is 283 g/mol. The highest BCUT2D eigenvalue weighted by atomic mass is 35.5. The lowest BCUT2D eigenvalue weighted by Gasteiger charge is -2.18. The van der Waals surface area contributed by atoms with Crippen molar-refractivity contribution in [3.8, 4) is 0 Å². The number of rotatable bonds is 4. The van der Waals surface area contributed by atoms with Crippen LogP contribution >= 0.6 is 23.2 Å². The zero-order valence-corrected chi connectivity index (χ0v) is 11.4. The summed E-state index contributed by atoms with van der Waals surface area (Å²) < 4.78 is 0. The molecule has 0 aliphatic rings. The molecule has 94 valence electrons. The van der Waals surface area contributed by atoms with Crippen molar-refractivity contribution in [3.05, 3.63) is 46.3 Å². The number of halogens is 2. The Kier molecular flexibility index (Phi) is 4.33. The van der Waals surface area contributed by atoms with Crippen molar-refractivity contribution in [3.63, 3.8) is 0 Å². The van der Waals surface area contributed by atoms with Gasteiger partial charge in [0.15, 0.2) is 11.0 Å². The largest absolute Gasteiger partial charge is 0.357 e. The summed E-state index contributed by atoms with van der Waals surface area (Å²) in [4.78, 5) is 5.98. The van der Waals surface area contributed by atoms with Gasteiger partial charge >= 0.3 is 0 Å². The first-order valence-corrected chi connectivity index (χ1v) is 6.23. The van der Waals surface area contributed by atoms with Crippen LogP contribution in [0.4, 0.5) is 5.82 Å². The van der Waals surface area contributed by atoms with Gasteiger partial charge in [-0.3, -0.25) is 0 Å². The summed E-state index contributed by atoms with van der Waals surface area (Å²) in [5.41, 5.74) is 1.26. The van der Waals surface area contributed by atoms with Crippen LogP contribution in [0.15, 0.2) is 30.3 Å². The summed E-state index contributed by atoms with van der Waals surface area (Å²) >= 11 is 11.6. The monoisotopic (exact) mass is 282 g/mol. The van der Waals surface area contributed by atoms with Gasteiger partial charge < -0.3 is 4.90 Å². The topological polar surface area (TPSA) is 41.9 Å². The molecule has 4 nitrogen and oxygen atoms in total. The highest BCUT2D eigenvalue weighted by molar-refractivity contribution is 6.32. The van der Waals surface area contributed by atoms with Crippen molar-refractivity contribution < 1.29 is 0 Å². The molecular formula is C12H12Cl2N4. The van der Waals surface area contributed by atoms with E-state index < -0.39 is 0 Å². The standard InChI is InChI=1S/C12H12Cl2N4/c1-18(8-7-9-5-3-2-4-6-9)11-10(13)16-17-12(14)15-11/h2-6H,7-8H2,1H3. The Bertz CT molecular complexity index is 519. The summed E-state index contributed by atoms with van der Waals surface area (Å²) in [6.45, 7) is 0.777. The van der Waals surface area contributed by atoms with Gasteiger partial charge in [0.2, 0.25) is 5.28 Å². The molecule has 0 amide bonds. The lowest BCUT2D eigenvalue weighted by atomic mass is 10.1. The van der Waals surface area contributed by atoms with Gasteiger partial charge in [-0.25, -0.2) is 0 Å². The fraction of sp³-hybridized carbons (Fsp3) is 0.250. The molecular weight excluding hydrogens is 271 g/mol. The van der Waals surface area contributed by atoms with Crippen LogP contribution in [0.2, 0.25) is 10.4 Å². The Balaban J connectivity index is 2.03. The van der Waals surface area contributed by atoms with Crippen molar-refractivity contribution in [2.45, 2.75) is 6.42 Å². The number of nitrogens with zero attached hydrogens (tertiary/aromatic N) is 4. The Morgan fingerprint density at radius 3 is 2.56 bits per heavy atom. The van der Waals surface area contributed by atoms with E-state index in [4.69, 9.17) is 23.2 Å². The molecule has 0 radical (unpaired) electrons. The number of aromatic nitrogens is 3. The van der Waals surface area contributed by atoms with Crippen molar-refractivity contribution >= 4 is 29.0 Å². The fourth-order valence-electron chi connectivity index (χ4n) is 1.58. The molecule has 0 atom stereocenters. The molecule has 1 aromatic carbocycles. The normalized spacial score (nSPS) is 10.4. The lowest BCUT2D eigenvalue weighted by molar-refractivity contribution is 0.838. The zero-order chi connectivity index (χ0) is 13.0. The van der Waals surface area contributed by atoms with Gasteiger partial charge in [0.1, 0.15) is 0 Å². The average Bonchev–Trinajstić information content (AvgIpc) is 2.40. The van der Waals surface area contributed by atoms with Crippen LogP contribution < -0.4 is 4.90 Å². The zero-order valence-electron chi connectivity index (χ0n) is 9.85. The van der Waals surface area contributed by atoms with Crippen molar-refractivity contribution in [1.82, 2.24) is 15.2 Å². The predicted octanol–water partition coefficient (Wildman–Crippen LogP) is 2.86. The summed E-state index contributed by atoms with van der Waals surface area (Å²) in [5, 5.41) is 7.68. The predicted molar refractivity (Wildman–Crippen MR) is 73.3 cm³/mol. The fourth-order valence-corrected chi connectivity index (χ4v) is 1.92. The first-order chi connectivity index (χ1) is 8.66. The van der Waals surface area contributed by atoms with Gasteiger partial charge in [-0.2, -0.15) is 4.98 Å². The molecule has 1 aromatic heterocycles. The third-order valence-electron chi connectivity index (χ3n) is 2.54. The number of likely N-dealkylation sites (N-methyl/N-ethyl adjacent to an activating group) is 1. The van der Waals surface area contributed by atoms with E-state index in [1.807, 2.05) is 30.1 Å². The maximum atomic E-state index is 5.94. The lowest BCUT2D eigenvalue weighted by Crippen LogP contribution is -2.22. The van der Waals surface area contributed by atoms with Crippen molar-refractivity contribution in [2.24, 2.45) is 0 Å². The minimum Gasteiger partial charge on any atom is -0.357 e. The molecule has 2 aromatic rings. The van der Waals surface area contributed by atoms with Gasteiger partial charge in [-0.15, -0.1) is 10.2 Å². The van der Waals surface area contributed by atoms with Crippen LogP contribution in [0.3, 0.4) is 0 Å². The summed E-state index contributed by atoms with van der Waals surface area (Å²) in [5.74, 6) is 0.549. The van der Waals surface area contributed by atoms with E-state index >= 15 is 0 Å². The van der Waals surface area contributed by atoms with Gasteiger partial charge in [0, 0.05) is 13.6 Å². The molecule has 0 bridgehead atoms. The van der Waals surface area contributed by atoms with E-state index in [1.165, 1.54) is 5.56 Å². The van der Waals surface area contributed by atoms with Gasteiger partial charge in [0.25, 0.3) is 0 Å². The maximum absolute atomic E-state index is 5.94. The molecule has 2 rings (SSSR count). The molecule has 0 saturated heterocycles. The van der Waals surface area contributed by atoms with Gasteiger partial charge in [-0.1, -0.05) is 41.9 Å². The Morgan fingerprint density at radius 2 is 1.83 bits per heavy atom. The number of hydrogen-bond acceptors (Lipinski definition) is 4. The summed E-state index contributed by atoms with van der Waals surface area (Å²) in [7, 11) is 1.90. The highest BCUT2D eigenvalue weighted by Gasteiger charge is 2.10. The summed E-state index contributed by atoms with van der Waals surface area (Å²) in [6, 6.07) is 10.2. The molecule has 0 aliphatic heterocycles. The molecule has 0 spiro atoms. The van der Waals surface area contributed by atoms with Gasteiger partial charge in [0.05, 0.1) is 0 Å². The summed E-state index contributed by atoms with van der Waals surface area (Å²) in [6.07, 6.45) is 0.898. The molecule has 0 N–H and O–H groups in total.